The molecular formula is C21H21IN2O3. The molecule has 0 saturated heterocycles. The van der Waals surface area contributed by atoms with Gasteiger partial charge in [0.05, 0.1) is 34.3 Å². The van der Waals surface area contributed by atoms with Crippen LogP contribution in [0.15, 0.2) is 47.1 Å². The largest absolute Gasteiger partial charge is 0.492 e. The van der Waals surface area contributed by atoms with E-state index in [1.165, 1.54) is 5.01 Å². The first-order chi connectivity index (χ1) is 12.9. The molecule has 140 valence electrons. The fourth-order valence-corrected chi connectivity index (χ4v) is 3.76. The summed E-state index contributed by atoms with van der Waals surface area (Å²) in [7, 11) is 1.62. The summed E-state index contributed by atoms with van der Waals surface area (Å²) < 4.78 is 12.0. The van der Waals surface area contributed by atoms with E-state index in [0.29, 0.717) is 29.4 Å². The van der Waals surface area contributed by atoms with E-state index in [9.17, 15) is 4.79 Å². The lowest BCUT2D eigenvalue weighted by atomic mass is 10.1. The van der Waals surface area contributed by atoms with Crippen LogP contribution in [-0.2, 0) is 4.79 Å². The van der Waals surface area contributed by atoms with E-state index < -0.39 is 0 Å². The zero-order valence-electron chi connectivity index (χ0n) is 15.7. The van der Waals surface area contributed by atoms with Crippen molar-refractivity contribution in [2.24, 2.45) is 5.10 Å². The highest BCUT2D eigenvalue weighted by Gasteiger charge is 2.28. The summed E-state index contributed by atoms with van der Waals surface area (Å²) >= 11 is 2.21. The van der Waals surface area contributed by atoms with E-state index in [0.717, 1.165) is 20.4 Å². The van der Waals surface area contributed by atoms with E-state index in [2.05, 4.69) is 27.7 Å². The molecule has 0 fully saturated rings. The van der Waals surface area contributed by atoms with Gasteiger partial charge < -0.3 is 9.47 Å². The third-order valence-electron chi connectivity index (χ3n) is 4.16. The van der Waals surface area contributed by atoms with Gasteiger partial charge in [-0.2, -0.15) is 10.1 Å². The topological polar surface area (TPSA) is 51.1 Å². The fourth-order valence-electron chi connectivity index (χ4n) is 2.92. The van der Waals surface area contributed by atoms with Crippen LogP contribution in [0.2, 0.25) is 0 Å². The molecule has 0 aromatic heterocycles. The van der Waals surface area contributed by atoms with Gasteiger partial charge in [-0.25, -0.2) is 0 Å². The molecule has 27 heavy (non-hydrogen) atoms. The van der Waals surface area contributed by atoms with Crippen LogP contribution in [0.1, 0.15) is 25.0 Å². The number of benzene rings is 2. The number of hydrogen-bond donors (Lipinski definition) is 0. The van der Waals surface area contributed by atoms with Gasteiger partial charge in [-0.15, -0.1) is 0 Å². The standard InChI is InChI=1S/C21H21IN2O3/c1-5-27-19-12-15(11-18(22)20(19)26-4)10-17-14(3)23-24(21(17)25)16-8-6-7-13(2)9-16/h6-12H,5H2,1-4H3. The SMILES string of the molecule is CCOc1cc(C=C2C(=O)N(c3cccc(C)c3)N=C2C)cc(I)c1OC. The van der Waals surface area contributed by atoms with E-state index in [1.54, 1.807) is 7.11 Å². The van der Waals surface area contributed by atoms with Crippen molar-refractivity contribution in [3.8, 4) is 11.5 Å². The first-order valence-corrected chi connectivity index (χ1v) is 9.71. The highest BCUT2D eigenvalue weighted by atomic mass is 127. The fraction of sp³-hybridized carbons (Fsp3) is 0.238. The molecular weight excluding hydrogens is 455 g/mol. The van der Waals surface area contributed by atoms with Gasteiger partial charge in [0.1, 0.15) is 0 Å². The van der Waals surface area contributed by atoms with Gasteiger partial charge in [0.2, 0.25) is 0 Å². The maximum Gasteiger partial charge on any atom is 0.280 e. The smallest absolute Gasteiger partial charge is 0.280 e. The monoisotopic (exact) mass is 476 g/mol. The molecule has 0 bridgehead atoms. The van der Waals surface area contributed by atoms with Crippen LogP contribution < -0.4 is 14.5 Å². The second-order valence-corrected chi connectivity index (χ2v) is 7.33. The summed E-state index contributed by atoms with van der Waals surface area (Å²) in [5.74, 6) is 1.22. The second-order valence-electron chi connectivity index (χ2n) is 6.17. The first-order valence-electron chi connectivity index (χ1n) is 8.63. The van der Waals surface area contributed by atoms with Crippen LogP contribution in [0.25, 0.3) is 6.08 Å². The number of amides is 1. The molecule has 3 rings (SSSR count). The molecule has 1 heterocycles. The van der Waals surface area contributed by atoms with Crippen molar-refractivity contribution in [3.63, 3.8) is 0 Å². The molecule has 2 aromatic carbocycles. The lowest BCUT2D eigenvalue weighted by Gasteiger charge is -2.13. The number of nitrogens with zero attached hydrogens (tertiary/aromatic N) is 2. The van der Waals surface area contributed by atoms with E-state index in [1.807, 2.05) is 63.2 Å². The number of halogens is 1. The molecule has 0 N–H and O–H groups in total. The predicted molar refractivity (Wildman–Crippen MR) is 117 cm³/mol. The van der Waals surface area contributed by atoms with Crippen LogP contribution in [0.4, 0.5) is 5.69 Å². The number of carbonyl (C=O) groups is 1. The van der Waals surface area contributed by atoms with Crippen LogP contribution in [0.5, 0.6) is 11.5 Å². The molecule has 1 amide bonds. The molecule has 0 unspecified atom stereocenters. The van der Waals surface area contributed by atoms with Gasteiger partial charge in [0.25, 0.3) is 5.91 Å². The highest BCUT2D eigenvalue weighted by Crippen LogP contribution is 2.35. The first kappa shape index (κ1) is 19.4. The number of hydrazone groups is 1. The number of ether oxygens (including phenoxy) is 2. The molecule has 0 aliphatic carbocycles. The van der Waals surface area contributed by atoms with Crippen molar-refractivity contribution in [2.75, 3.05) is 18.7 Å². The maximum atomic E-state index is 12.9. The third-order valence-corrected chi connectivity index (χ3v) is 4.96. The molecule has 6 heteroatoms. The molecule has 0 radical (unpaired) electrons. The summed E-state index contributed by atoms with van der Waals surface area (Å²) in [4.78, 5) is 12.9. The number of rotatable bonds is 5. The van der Waals surface area contributed by atoms with E-state index in [4.69, 9.17) is 9.47 Å². The highest BCUT2D eigenvalue weighted by molar-refractivity contribution is 14.1. The summed E-state index contributed by atoms with van der Waals surface area (Å²) in [5.41, 5.74) is 3.97. The van der Waals surface area contributed by atoms with Crippen LogP contribution in [0, 0.1) is 10.5 Å². The summed E-state index contributed by atoms with van der Waals surface area (Å²) in [6.45, 7) is 6.30. The maximum absolute atomic E-state index is 12.9. The van der Waals surface area contributed by atoms with Gasteiger partial charge >= 0.3 is 0 Å². The zero-order chi connectivity index (χ0) is 19.6. The lowest BCUT2D eigenvalue weighted by Crippen LogP contribution is -2.21. The van der Waals surface area contributed by atoms with Gasteiger partial charge in [0, 0.05) is 0 Å². The van der Waals surface area contributed by atoms with Crippen LogP contribution in [0.3, 0.4) is 0 Å². The van der Waals surface area contributed by atoms with Gasteiger partial charge in [-0.05, 0) is 84.8 Å². The number of carbonyl (C=O) groups excluding carboxylic acids is 1. The molecule has 0 saturated carbocycles. The van der Waals surface area contributed by atoms with Gasteiger partial charge in [-0.3, -0.25) is 4.79 Å². The Kier molecular flexibility index (Phi) is 5.84. The minimum Gasteiger partial charge on any atom is -0.492 e. The Morgan fingerprint density at radius 1 is 1.22 bits per heavy atom. The van der Waals surface area contributed by atoms with E-state index in [-0.39, 0.29) is 5.91 Å². The third kappa shape index (κ3) is 4.00. The number of anilines is 1. The predicted octanol–water partition coefficient (Wildman–Crippen LogP) is 4.81. The Morgan fingerprint density at radius 2 is 2.00 bits per heavy atom. The Balaban J connectivity index is 1.98. The Labute approximate surface area is 172 Å². The number of aryl methyl sites for hydroxylation is 1. The Bertz CT molecular complexity index is 950. The van der Waals surface area contributed by atoms with Crippen LogP contribution >= 0.6 is 22.6 Å². The van der Waals surface area contributed by atoms with E-state index >= 15 is 0 Å². The normalized spacial score (nSPS) is 15.3. The van der Waals surface area contributed by atoms with Crippen molar-refractivity contribution in [3.05, 3.63) is 56.7 Å². The molecule has 0 atom stereocenters. The minimum absolute atomic E-state index is 0.137. The van der Waals surface area contributed by atoms with Crippen LogP contribution in [-0.4, -0.2) is 25.3 Å². The summed E-state index contributed by atoms with van der Waals surface area (Å²) in [5, 5.41) is 5.90. The van der Waals surface area contributed by atoms with Crippen molar-refractivity contribution >= 4 is 46.0 Å². The summed E-state index contributed by atoms with van der Waals surface area (Å²) in [6.07, 6.45) is 1.85. The minimum atomic E-state index is -0.137. The Morgan fingerprint density at radius 3 is 2.67 bits per heavy atom. The van der Waals surface area contributed by atoms with Crippen molar-refractivity contribution < 1.29 is 14.3 Å². The van der Waals surface area contributed by atoms with Crippen molar-refractivity contribution in [1.82, 2.24) is 0 Å². The second kappa shape index (κ2) is 8.12. The van der Waals surface area contributed by atoms with Crippen molar-refractivity contribution in [1.29, 1.82) is 0 Å². The lowest BCUT2D eigenvalue weighted by molar-refractivity contribution is -0.114. The zero-order valence-corrected chi connectivity index (χ0v) is 17.9. The molecule has 2 aromatic rings. The average molecular weight is 476 g/mol. The molecule has 0 spiro atoms. The number of methoxy groups -OCH3 is 1. The summed E-state index contributed by atoms with van der Waals surface area (Å²) in [6, 6.07) is 11.6. The molecule has 1 aliphatic heterocycles. The molecule has 5 nitrogen and oxygen atoms in total. The van der Waals surface area contributed by atoms with Crippen molar-refractivity contribution in [2.45, 2.75) is 20.8 Å². The molecule has 1 aliphatic rings. The van der Waals surface area contributed by atoms with Gasteiger partial charge in [0.15, 0.2) is 11.5 Å². The van der Waals surface area contributed by atoms with Gasteiger partial charge in [-0.1, -0.05) is 12.1 Å². The number of hydrogen-bond acceptors (Lipinski definition) is 4. The quantitative estimate of drug-likeness (QED) is 0.460. The average Bonchev–Trinajstić information content (AvgIpc) is 2.90. The Hall–Kier alpha value is -2.35.